The van der Waals surface area contributed by atoms with Crippen LogP contribution < -0.4 is 4.90 Å². The summed E-state index contributed by atoms with van der Waals surface area (Å²) in [5, 5.41) is 11.6. The van der Waals surface area contributed by atoms with Gasteiger partial charge in [0.1, 0.15) is 11.3 Å². The summed E-state index contributed by atoms with van der Waals surface area (Å²) in [7, 11) is 0. The molecular weight excluding hydrogens is 372 g/mol. The zero-order valence-electron chi connectivity index (χ0n) is 17.6. The van der Waals surface area contributed by atoms with Gasteiger partial charge in [0.25, 0.3) is 5.69 Å². The van der Waals surface area contributed by atoms with Crippen molar-refractivity contribution in [3.8, 4) is 5.69 Å². The van der Waals surface area contributed by atoms with E-state index in [1.54, 1.807) is 17.0 Å². The van der Waals surface area contributed by atoms with Crippen LogP contribution in [0.2, 0.25) is 0 Å². The van der Waals surface area contributed by atoms with Gasteiger partial charge in [-0.15, -0.1) is 0 Å². The number of aromatic nitrogens is 1. The Bertz CT molecular complexity index is 902. The van der Waals surface area contributed by atoms with Gasteiger partial charge in [0.2, 0.25) is 0 Å². The van der Waals surface area contributed by atoms with Gasteiger partial charge in [-0.3, -0.25) is 10.1 Å². The molecule has 29 heavy (non-hydrogen) atoms. The third kappa shape index (κ3) is 4.52. The quantitative estimate of drug-likeness (QED) is 0.573. The second-order valence-corrected chi connectivity index (χ2v) is 8.34. The lowest BCUT2D eigenvalue weighted by Crippen LogP contribution is -2.50. The molecule has 8 heteroatoms. The largest absolute Gasteiger partial charge is 0.444 e. The number of rotatable bonds is 3. The molecule has 0 N–H and O–H groups in total. The molecule has 1 aliphatic heterocycles. The Morgan fingerprint density at radius 1 is 1.03 bits per heavy atom. The van der Waals surface area contributed by atoms with E-state index in [2.05, 4.69) is 4.90 Å². The van der Waals surface area contributed by atoms with Crippen molar-refractivity contribution in [1.82, 2.24) is 9.47 Å². The number of hydrogen-bond donors (Lipinski definition) is 0. The molecule has 1 fully saturated rings. The Morgan fingerprint density at radius 2 is 1.62 bits per heavy atom. The molecule has 0 saturated carbocycles. The average Bonchev–Trinajstić information content (AvgIpc) is 2.98. The van der Waals surface area contributed by atoms with E-state index >= 15 is 0 Å². The van der Waals surface area contributed by atoms with Gasteiger partial charge < -0.3 is 19.1 Å². The van der Waals surface area contributed by atoms with Crippen molar-refractivity contribution in [2.24, 2.45) is 0 Å². The number of benzene rings is 1. The second-order valence-electron chi connectivity index (χ2n) is 8.34. The van der Waals surface area contributed by atoms with E-state index in [0.717, 1.165) is 17.1 Å². The Kier molecular flexibility index (Phi) is 5.55. The molecule has 1 saturated heterocycles. The number of carbonyl (C=O) groups is 1. The lowest BCUT2D eigenvalue weighted by atomic mass is 10.2. The Hall–Kier alpha value is -3.03. The molecule has 1 aromatic carbocycles. The molecule has 0 unspecified atom stereocenters. The summed E-state index contributed by atoms with van der Waals surface area (Å²) < 4.78 is 7.35. The standard InChI is InChI=1S/C21H28N4O4/c1-15-6-7-16(2)24(15)19-14-17(8-9-18(19)25(27)28)22-10-12-23(13-11-22)20(26)29-21(3,4)5/h6-9,14H,10-13H2,1-5H3. The Labute approximate surface area is 170 Å². The molecule has 2 aromatic rings. The molecule has 0 radical (unpaired) electrons. The van der Waals surface area contributed by atoms with Crippen LogP contribution in [0.1, 0.15) is 32.2 Å². The minimum atomic E-state index is -0.520. The monoisotopic (exact) mass is 400 g/mol. The van der Waals surface area contributed by atoms with Crippen LogP contribution >= 0.6 is 0 Å². The molecule has 8 nitrogen and oxygen atoms in total. The molecule has 0 atom stereocenters. The number of nitro groups is 1. The van der Waals surface area contributed by atoms with Crippen molar-refractivity contribution in [3.63, 3.8) is 0 Å². The van der Waals surface area contributed by atoms with Gasteiger partial charge in [-0.05, 0) is 58.9 Å². The van der Waals surface area contributed by atoms with E-state index in [4.69, 9.17) is 4.74 Å². The number of nitro benzene ring substituents is 1. The third-order valence-electron chi connectivity index (χ3n) is 4.96. The van der Waals surface area contributed by atoms with Crippen LogP contribution in [0.15, 0.2) is 30.3 Å². The zero-order chi connectivity index (χ0) is 21.3. The van der Waals surface area contributed by atoms with E-state index in [9.17, 15) is 14.9 Å². The molecule has 2 heterocycles. The van der Waals surface area contributed by atoms with E-state index in [0.29, 0.717) is 31.9 Å². The molecule has 156 valence electrons. The smallest absolute Gasteiger partial charge is 0.410 e. The zero-order valence-corrected chi connectivity index (χ0v) is 17.6. The number of piperazine rings is 1. The maximum Gasteiger partial charge on any atom is 0.410 e. The molecule has 3 rings (SSSR count). The highest BCUT2D eigenvalue weighted by atomic mass is 16.6. The van der Waals surface area contributed by atoms with Gasteiger partial charge in [-0.1, -0.05) is 0 Å². The van der Waals surface area contributed by atoms with E-state index in [1.165, 1.54) is 0 Å². The minimum absolute atomic E-state index is 0.0727. The van der Waals surface area contributed by atoms with Gasteiger partial charge >= 0.3 is 6.09 Å². The van der Waals surface area contributed by atoms with Crippen molar-refractivity contribution in [2.45, 2.75) is 40.2 Å². The van der Waals surface area contributed by atoms with Crippen molar-refractivity contribution in [2.75, 3.05) is 31.1 Å². The normalized spacial score (nSPS) is 14.8. The maximum atomic E-state index is 12.3. The highest BCUT2D eigenvalue weighted by Gasteiger charge is 2.27. The SMILES string of the molecule is Cc1ccc(C)n1-c1cc(N2CCN(C(=O)OC(C)(C)C)CC2)ccc1[N+](=O)[O-]. The Morgan fingerprint density at radius 3 is 2.14 bits per heavy atom. The molecule has 0 aliphatic carbocycles. The first-order chi connectivity index (χ1) is 13.6. The fraction of sp³-hybridized carbons (Fsp3) is 0.476. The summed E-state index contributed by atoms with van der Waals surface area (Å²) in [4.78, 5) is 27.3. The van der Waals surface area contributed by atoms with Gasteiger partial charge in [0, 0.05) is 49.3 Å². The molecular formula is C21H28N4O4. The van der Waals surface area contributed by atoms with Gasteiger partial charge in [-0.25, -0.2) is 4.79 Å². The van der Waals surface area contributed by atoms with Gasteiger partial charge in [0.15, 0.2) is 0 Å². The maximum absolute atomic E-state index is 12.3. The summed E-state index contributed by atoms with van der Waals surface area (Å²) in [5.41, 5.74) is 2.90. The third-order valence-corrected chi connectivity index (χ3v) is 4.96. The average molecular weight is 400 g/mol. The minimum Gasteiger partial charge on any atom is -0.444 e. The molecule has 1 aromatic heterocycles. The van der Waals surface area contributed by atoms with Crippen molar-refractivity contribution in [3.05, 3.63) is 51.8 Å². The predicted molar refractivity (Wildman–Crippen MR) is 112 cm³/mol. The van der Waals surface area contributed by atoms with E-state index < -0.39 is 5.60 Å². The fourth-order valence-electron chi connectivity index (χ4n) is 3.56. The lowest BCUT2D eigenvalue weighted by Gasteiger charge is -2.36. The van der Waals surface area contributed by atoms with Crippen LogP contribution in [-0.2, 0) is 4.74 Å². The number of carbonyl (C=O) groups excluding carboxylic acids is 1. The van der Waals surface area contributed by atoms with Crippen LogP contribution in [0, 0.1) is 24.0 Å². The molecule has 1 amide bonds. The van der Waals surface area contributed by atoms with Crippen LogP contribution in [0.3, 0.4) is 0 Å². The molecule has 0 spiro atoms. The van der Waals surface area contributed by atoms with Crippen molar-refractivity contribution < 1.29 is 14.5 Å². The number of hydrogen-bond acceptors (Lipinski definition) is 5. The summed E-state index contributed by atoms with van der Waals surface area (Å²) in [5.74, 6) is 0. The van der Waals surface area contributed by atoms with E-state index in [-0.39, 0.29) is 16.7 Å². The predicted octanol–water partition coefficient (Wildman–Crippen LogP) is 4.06. The van der Waals surface area contributed by atoms with Gasteiger partial charge in [0.05, 0.1) is 4.92 Å². The first-order valence-corrected chi connectivity index (χ1v) is 9.73. The number of nitrogens with zero attached hydrogens (tertiary/aromatic N) is 4. The summed E-state index contributed by atoms with van der Waals surface area (Å²) in [6.07, 6.45) is -0.305. The highest BCUT2D eigenvalue weighted by Crippen LogP contribution is 2.31. The molecule has 0 bridgehead atoms. The lowest BCUT2D eigenvalue weighted by molar-refractivity contribution is -0.384. The fourth-order valence-corrected chi connectivity index (χ4v) is 3.56. The topological polar surface area (TPSA) is 80.8 Å². The number of ether oxygens (including phenoxy) is 1. The van der Waals surface area contributed by atoms with Crippen LogP contribution in [0.25, 0.3) is 5.69 Å². The van der Waals surface area contributed by atoms with E-state index in [1.807, 2.05) is 57.4 Å². The summed E-state index contributed by atoms with van der Waals surface area (Å²) >= 11 is 0. The first-order valence-electron chi connectivity index (χ1n) is 9.73. The Balaban J connectivity index is 1.82. The summed E-state index contributed by atoms with van der Waals surface area (Å²) in [6, 6.07) is 9.10. The van der Waals surface area contributed by atoms with Crippen LogP contribution in [0.5, 0.6) is 0 Å². The second kappa shape index (κ2) is 7.77. The summed E-state index contributed by atoms with van der Waals surface area (Å²) in [6.45, 7) is 11.8. The van der Waals surface area contributed by atoms with Crippen LogP contribution in [-0.4, -0.2) is 52.3 Å². The molecule has 1 aliphatic rings. The van der Waals surface area contributed by atoms with Gasteiger partial charge in [-0.2, -0.15) is 0 Å². The van der Waals surface area contributed by atoms with Crippen LogP contribution in [0.4, 0.5) is 16.2 Å². The van der Waals surface area contributed by atoms with Crippen molar-refractivity contribution >= 4 is 17.5 Å². The highest BCUT2D eigenvalue weighted by molar-refractivity contribution is 5.69. The number of aryl methyl sites for hydroxylation is 2. The van der Waals surface area contributed by atoms with Crippen molar-refractivity contribution in [1.29, 1.82) is 0 Å². The number of anilines is 1. The number of amides is 1. The first kappa shape index (κ1) is 20.7.